The van der Waals surface area contributed by atoms with Gasteiger partial charge >= 0.3 is 0 Å². The SMILES string of the molecule is C[Si](C)(N(C(=N)N)S(=O)(=O)c1ccc(N=Cc2cccs2)cc1)N(C(=N)N)S(=O)(=O)c1ccc(N=Cc2cccs2)cc1. The summed E-state index contributed by atoms with van der Waals surface area (Å²) in [6.07, 6.45) is 3.29. The zero-order valence-corrected chi connectivity index (χ0v) is 27.2. The fourth-order valence-corrected chi connectivity index (χ4v) is 14.5. The number of aliphatic imine (C=N–C) groups is 2. The molecule has 4 aromatic rings. The summed E-state index contributed by atoms with van der Waals surface area (Å²) in [4.78, 5) is 10.00. The van der Waals surface area contributed by atoms with Crippen molar-refractivity contribution in [3.05, 3.63) is 93.3 Å². The second kappa shape index (κ2) is 12.6. The molecule has 224 valence electrons. The molecule has 2 aromatic carbocycles. The molecule has 0 saturated carbocycles. The van der Waals surface area contributed by atoms with Gasteiger partial charge in [0.25, 0.3) is 28.4 Å². The number of sulfonamides is 2. The van der Waals surface area contributed by atoms with Crippen LogP contribution in [0.4, 0.5) is 11.4 Å². The Morgan fingerprint density at radius 1 is 0.698 bits per heavy atom. The van der Waals surface area contributed by atoms with Crippen LogP contribution in [0.3, 0.4) is 0 Å². The van der Waals surface area contributed by atoms with Crippen LogP contribution in [0, 0.1) is 10.8 Å². The average Bonchev–Trinajstić information content (AvgIpc) is 3.65. The van der Waals surface area contributed by atoms with E-state index in [1.165, 1.54) is 84.3 Å². The number of nitrogens with two attached hydrogens (primary N) is 2. The number of benzene rings is 2. The maximum Gasteiger partial charge on any atom is 0.298 e. The van der Waals surface area contributed by atoms with Crippen LogP contribution >= 0.6 is 22.7 Å². The molecule has 0 aliphatic carbocycles. The maximum atomic E-state index is 13.8. The molecule has 0 spiro atoms. The van der Waals surface area contributed by atoms with Crippen molar-refractivity contribution in [1.29, 1.82) is 10.8 Å². The first-order valence-corrected chi connectivity index (χ1v) is 19.9. The van der Waals surface area contributed by atoms with Crippen LogP contribution in [0.25, 0.3) is 0 Å². The molecule has 17 heteroatoms. The molecule has 0 amide bonds. The Hall–Kier alpha value is -4.16. The zero-order valence-electron chi connectivity index (χ0n) is 22.9. The Kier molecular flexibility index (Phi) is 9.31. The Morgan fingerprint density at radius 3 is 1.33 bits per heavy atom. The average molecular weight is 673 g/mol. The highest BCUT2D eigenvalue weighted by molar-refractivity contribution is 7.93. The van der Waals surface area contributed by atoms with Crippen molar-refractivity contribution in [2.75, 3.05) is 0 Å². The van der Waals surface area contributed by atoms with Crippen molar-refractivity contribution in [2.24, 2.45) is 21.5 Å². The lowest BCUT2D eigenvalue weighted by atomic mass is 10.3. The van der Waals surface area contributed by atoms with E-state index >= 15 is 0 Å². The van der Waals surface area contributed by atoms with Crippen molar-refractivity contribution in [2.45, 2.75) is 22.9 Å². The van der Waals surface area contributed by atoms with Crippen molar-refractivity contribution in [3.8, 4) is 0 Å². The molecular formula is C26H28N8O4S4Si. The van der Waals surface area contributed by atoms with E-state index in [0.717, 1.165) is 9.75 Å². The first-order chi connectivity index (χ1) is 20.2. The Morgan fingerprint density at radius 2 is 1.05 bits per heavy atom. The van der Waals surface area contributed by atoms with Gasteiger partial charge in [0.05, 0.1) is 21.2 Å². The molecule has 0 aliphatic heterocycles. The summed E-state index contributed by atoms with van der Waals surface area (Å²) < 4.78 is 56.4. The lowest BCUT2D eigenvalue weighted by Crippen LogP contribution is -2.69. The second-order valence-corrected chi connectivity index (χ2v) is 19.4. The Bertz CT molecular complexity index is 1740. The first kappa shape index (κ1) is 31.8. The fourth-order valence-electron chi connectivity index (χ4n) is 4.14. The number of guanidine groups is 2. The van der Waals surface area contributed by atoms with Crippen molar-refractivity contribution in [1.82, 2.24) is 7.94 Å². The van der Waals surface area contributed by atoms with Gasteiger partial charge in [-0.1, -0.05) is 12.1 Å². The summed E-state index contributed by atoms with van der Waals surface area (Å²) in [5, 5.41) is 20.1. The number of hydrogen-bond acceptors (Lipinski definition) is 10. The number of hydrogen-bond donors (Lipinski definition) is 4. The topological polar surface area (TPSA) is 199 Å². The van der Waals surface area contributed by atoms with Crippen LogP contribution in [0.1, 0.15) is 9.75 Å². The van der Waals surface area contributed by atoms with Gasteiger partial charge in [-0.25, -0.2) is 24.8 Å². The van der Waals surface area contributed by atoms with Gasteiger partial charge in [-0.15, -0.1) is 22.7 Å². The predicted octanol–water partition coefficient (Wildman–Crippen LogP) is 4.48. The number of nitrogens with zero attached hydrogens (tertiary/aromatic N) is 4. The van der Waals surface area contributed by atoms with E-state index in [4.69, 9.17) is 22.3 Å². The van der Waals surface area contributed by atoms with Crippen LogP contribution in [0.2, 0.25) is 13.1 Å². The largest absolute Gasteiger partial charge is 0.370 e. The molecule has 0 aliphatic rings. The van der Waals surface area contributed by atoms with Gasteiger partial charge in [-0.3, -0.25) is 20.8 Å². The molecular weight excluding hydrogens is 645 g/mol. The minimum atomic E-state index is -4.57. The summed E-state index contributed by atoms with van der Waals surface area (Å²) in [5.74, 6) is -1.84. The first-order valence-electron chi connectivity index (χ1n) is 12.4. The highest BCUT2D eigenvalue weighted by Crippen LogP contribution is 2.31. The summed E-state index contributed by atoms with van der Waals surface area (Å²) in [7, 11) is -13.3. The van der Waals surface area contributed by atoms with Gasteiger partial charge in [0.15, 0.2) is 11.9 Å². The Balaban J connectivity index is 1.66. The van der Waals surface area contributed by atoms with Gasteiger partial charge in [0.2, 0.25) is 0 Å². The van der Waals surface area contributed by atoms with Crippen LogP contribution < -0.4 is 11.5 Å². The van der Waals surface area contributed by atoms with Gasteiger partial charge in [-0.05, 0) is 84.5 Å². The summed E-state index contributed by atoms with van der Waals surface area (Å²) >= 11 is 2.99. The van der Waals surface area contributed by atoms with E-state index in [9.17, 15) is 16.8 Å². The molecule has 0 fully saturated rings. The van der Waals surface area contributed by atoms with Crippen molar-refractivity contribution >= 4 is 86.8 Å². The minimum Gasteiger partial charge on any atom is -0.370 e. The van der Waals surface area contributed by atoms with Crippen LogP contribution in [0.5, 0.6) is 0 Å². The molecule has 0 atom stereocenters. The fraction of sp³-hybridized carbons (Fsp3) is 0.0769. The lowest BCUT2D eigenvalue weighted by molar-refractivity contribution is 0.551. The molecule has 4 rings (SSSR count). The minimum absolute atomic E-state index is 0.243. The molecule has 6 N–H and O–H groups in total. The summed E-state index contributed by atoms with van der Waals surface area (Å²) in [6.45, 7) is 2.65. The molecule has 43 heavy (non-hydrogen) atoms. The molecule has 12 nitrogen and oxygen atoms in total. The van der Waals surface area contributed by atoms with E-state index in [1.54, 1.807) is 12.4 Å². The number of rotatable bonds is 10. The van der Waals surface area contributed by atoms with E-state index in [0.29, 0.717) is 19.3 Å². The molecule has 0 unspecified atom stereocenters. The Labute approximate surface area is 258 Å². The third-order valence-corrected chi connectivity index (χ3v) is 17.2. The molecule has 2 aromatic heterocycles. The lowest BCUT2D eigenvalue weighted by Gasteiger charge is -2.42. The normalized spacial score (nSPS) is 12.5. The second-order valence-electron chi connectivity index (χ2n) is 9.34. The number of nitrogens with one attached hydrogen (secondary N) is 2. The molecule has 0 saturated heterocycles. The van der Waals surface area contributed by atoms with E-state index in [1.807, 2.05) is 35.0 Å². The summed E-state index contributed by atoms with van der Waals surface area (Å²) in [5.41, 5.74) is 12.5. The van der Waals surface area contributed by atoms with E-state index < -0.39 is 40.4 Å². The van der Waals surface area contributed by atoms with Gasteiger partial charge in [0.1, 0.15) is 0 Å². The van der Waals surface area contributed by atoms with Crippen molar-refractivity contribution in [3.63, 3.8) is 0 Å². The zero-order chi connectivity index (χ0) is 31.4. The van der Waals surface area contributed by atoms with Crippen molar-refractivity contribution < 1.29 is 16.8 Å². The standard InChI is InChI=1S/C26H28N8O4S4Si/c1-43(2,33(25(27)28)41(35,36)23-11-7-19(8-12-23)31-17-21-5-3-15-39-21)34(26(29)30)42(37,38)24-13-9-20(10-14-24)32-18-22-6-4-16-40-22/h3-18H,1-2H3,(H3,27,28)(H3,29,30). The monoisotopic (exact) mass is 672 g/mol. The highest BCUT2D eigenvalue weighted by atomic mass is 32.2. The van der Waals surface area contributed by atoms with Crippen LogP contribution in [-0.2, 0) is 20.0 Å². The van der Waals surface area contributed by atoms with E-state index in [-0.39, 0.29) is 9.79 Å². The van der Waals surface area contributed by atoms with Gasteiger partial charge in [0, 0.05) is 22.2 Å². The third kappa shape index (κ3) is 6.91. The smallest absolute Gasteiger partial charge is 0.298 e. The highest BCUT2D eigenvalue weighted by Gasteiger charge is 2.51. The van der Waals surface area contributed by atoms with Crippen LogP contribution in [0.15, 0.2) is 103 Å². The van der Waals surface area contributed by atoms with Gasteiger partial charge in [-0.2, -0.15) is 0 Å². The van der Waals surface area contributed by atoms with Gasteiger partial charge < -0.3 is 11.5 Å². The maximum absolute atomic E-state index is 13.8. The summed E-state index contributed by atoms with van der Waals surface area (Å²) in [6, 6.07) is 18.6. The molecule has 0 bridgehead atoms. The predicted molar refractivity (Wildman–Crippen MR) is 175 cm³/mol. The molecule has 0 radical (unpaired) electrons. The quantitative estimate of drug-likeness (QED) is 0.109. The van der Waals surface area contributed by atoms with E-state index in [2.05, 4.69) is 9.98 Å². The third-order valence-electron chi connectivity index (χ3n) is 5.95. The molecule has 2 heterocycles. The van der Waals surface area contributed by atoms with Crippen LogP contribution in [-0.4, -0.2) is 57.5 Å². The number of thiophene rings is 2.